The Morgan fingerprint density at radius 2 is 2.00 bits per heavy atom. The lowest BCUT2D eigenvalue weighted by atomic mass is 10.0. The van der Waals surface area contributed by atoms with E-state index in [9.17, 15) is 0 Å². The second kappa shape index (κ2) is 5.97. The number of hydrogen-bond donors (Lipinski definition) is 1. The number of hydrogen-bond acceptors (Lipinski definition) is 2. The van der Waals surface area contributed by atoms with E-state index in [0.717, 1.165) is 11.3 Å². The molecule has 1 aromatic carbocycles. The zero-order valence-corrected chi connectivity index (χ0v) is 12.2. The first kappa shape index (κ1) is 13.9. The topological polar surface area (TPSA) is 12.0 Å². The van der Waals surface area contributed by atoms with Crippen molar-refractivity contribution in [3.05, 3.63) is 40.8 Å². The molecule has 0 atom stereocenters. The van der Waals surface area contributed by atoms with Crippen molar-refractivity contribution in [2.45, 2.75) is 32.6 Å². The molecule has 0 amide bonds. The summed E-state index contributed by atoms with van der Waals surface area (Å²) in [5.41, 5.74) is 4.74. The van der Waals surface area contributed by atoms with E-state index in [-0.39, 0.29) is 0 Å². The quantitative estimate of drug-likeness (QED) is 0.744. The molecule has 92 valence electrons. The van der Waals surface area contributed by atoms with E-state index in [4.69, 9.17) is 0 Å². The number of rotatable bonds is 4. The number of aryl methyl sites for hydroxylation is 1. The molecule has 1 nitrogen and oxygen atoms in total. The van der Waals surface area contributed by atoms with Gasteiger partial charge in [0.25, 0.3) is 0 Å². The normalized spacial score (nSPS) is 11.5. The van der Waals surface area contributed by atoms with Crippen molar-refractivity contribution in [1.82, 2.24) is 0 Å². The lowest BCUT2D eigenvalue weighted by molar-refractivity contribution is 1.28. The number of benzene rings is 1. The van der Waals surface area contributed by atoms with Crippen LogP contribution in [-0.4, -0.2) is 7.05 Å². The van der Waals surface area contributed by atoms with Crippen molar-refractivity contribution < 1.29 is 0 Å². The van der Waals surface area contributed by atoms with Crippen LogP contribution >= 0.6 is 11.8 Å². The summed E-state index contributed by atoms with van der Waals surface area (Å²) in [4.78, 5) is 2.62. The molecule has 2 heteroatoms. The highest BCUT2D eigenvalue weighted by Gasteiger charge is 2.08. The van der Waals surface area contributed by atoms with E-state index in [0.29, 0.717) is 0 Å². The molecule has 0 heterocycles. The Labute approximate surface area is 109 Å². The van der Waals surface area contributed by atoms with Crippen molar-refractivity contribution >= 4 is 23.0 Å². The molecule has 0 aliphatic heterocycles. The fourth-order valence-electron chi connectivity index (χ4n) is 1.59. The standard InChI is InChI=1S/C15H21NS/c1-7-12(5)17-15-9-13(10(2)3)14(16-6)8-11(15)4/h7-9,16H,2H2,1,3-6H3/b12-7+. The van der Waals surface area contributed by atoms with Crippen LogP contribution in [0.25, 0.3) is 5.57 Å². The van der Waals surface area contributed by atoms with Gasteiger partial charge in [-0.15, -0.1) is 0 Å². The van der Waals surface area contributed by atoms with Gasteiger partial charge in [-0.05, 0) is 55.9 Å². The lowest BCUT2D eigenvalue weighted by Gasteiger charge is -2.14. The molecule has 0 aliphatic rings. The third kappa shape index (κ3) is 3.40. The van der Waals surface area contributed by atoms with Gasteiger partial charge in [0.2, 0.25) is 0 Å². The molecule has 1 N–H and O–H groups in total. The Bertz CT molecular complexity index is 458. The van der Waals surface area contributed by atoms with Gasteiger partial charge in [-0.3, -0.25) is 0 Å². The van der Waals surface area contributed by atoms with E-state index in [2.05, 4.69) is 50.9 Å². The minimum Gasteiger partial charge on any atom is -0.388 e. The molecule has 1 aromatic rings. The molecule has 17 heavy (non-hydrogen) atoms. The third-order valence-electron chi connectivity index (χ3n) is 2.72. The summed E-state index contributed by atoms with van der Waals surface area (Å²) < 4.78 is 0. The van der Waals surface area contributed by atoms with Crippen LogP contribution in [0, 0.1) is 6.92 Å². The van der Waals surface area contributed by atoms with Crippen LogP contribution in [0.15, 0.2) is 34.6 Å². The minimum atomic E-state index is 1.09. The van der Waals surface area contributed by atoms with Crippen molar-refractivity contribution in [2.24, 2.45) is 0 Å². The van der Waals surface area contributed by atoms with Gasteiger partial charge in [0, 0.05) is 23.2 Å². The molecule has 0 radical (unpaired) electrons. The summed E-state index contributed by atoms with van der Waals surface area (Å²) in [6.45, 7) is 12.4. The Morgan fingerprint density at radius 1 is 1.35 bits per heavy atom. The predicted octanol–water partition coefficient (Wildman–Crippen LogP) is 5.09. The summed E-state index contributed by atoms with van der Waals surface area (Å²) in [5.74, 6) is 0. The predicted molar refractivity (Wildman–Crippen MR) is 80.7 cm³/mol. The van der Waals surface area contributed by atoms with Crippen LogP contribution in [-0.2, 0) is 0 Å². The number of thioether (sulfide) groups is 1. The van der Waals surface area contributed by atoms with Gasteiger partial charge in [-0.2, -0.15) is 0 Å². The molecule has 0 unspecified atom stereocenters. The fourth-order valence-corrected chi connectivity index (χ4v) is 2.45. The average Bonchev–Trinajstić information content (AvgIpc) is 2.30. The first-order valence-corrected chi connectivity index (χ1v) is 6.60. The molecule has 0 fully saturated rings. The number of nitrogens with one attached hydrogen (secondary N) is 1. The zero-order valence-electron chi connectivity index (χ0n) is 11.3. The number of anilines is 1. The lowest BCUT2D eigenvalue weighted by Crippen LogP contribution is -1.95. The van der Waals surface area contributed by atoms with Gasteiger partial charge < -0.3 is 5.32 Å². The maximum Gasteiger partial charge on any atom is 0.0417 e. The van der Waals surface area contributed by atoms with Gasteiger partial charge in [-0.1, -0.05) is 24.4 Å². The summed E-state index contributed by atoms with van der Waals surface area (Å²) in [6, 6.07) is 4.41. The highest BCUT2D eigenvalue weighted by atomic mass is 32.2. The van der Waals surface area contributed by atoms with E-state index in [1.807, 2.05) is 25.7 Å². The fraction of sp³-hybridized carbons (Fsp3) is 0.333. The van der Waals surface area contributed by atoms with Crippen LogP contribution in [0.3, 0.4) is 0 Å². The highest BCUT2D eigenvalue weighted by Crippen LogP contribution is 2.34. The number of allylic oxidation sites excluding steroid dienone is 3. The van der Waals surface area contributed by atoms with E-state index in [1.165, 1.54) is 20.9 Å². The summed E-state index contributed by atoms with van der Waals surface area (Å²) in [6.07, 6.45) is 2.14. The second-order valence-corrected chi connectivity index (χ2v) is 5.48. The summed E-state index contributed by atoms with van der Waals surface area (Å²) in [7, 11) is 1.95. The smallest absolute Gasteiger partial charge is 0.0417 e. The van der Waals surface area contributed by atoms with Gasteiger partial charge in [0.15, 0.2) is 0 Å². The van der Waals surface area contributed by atoms with Crippen LogP contribution in [0.1, 0.15) is 31.9 Å². The van der Waals surface area contributed by atoms with Crippen molar-refractivity contribution in [2.75, 3.05) is 12.4 Å². The molecule has 0 aliphatic carbocycles. The van der Waals surface area contributed by atoms with Crippen molar-refractivity contribution in [1.29, 1.82) is 0 Å². The Kier molecular flexibility index (Phi) is 4.88. The van der Waals surface area contributed by atoms with Gasteiger partial charge in [0.1, 0.15) is 0 Å². The molecular formula is C15H21NS. The van der Waals surface area contributed by atoms with Crippen molar-refractivity contribution in [3.8, 4) is 0 Å². The molecule has 0 saturated heterocycles. The van der Waals surface area contributed by atoms with E-state index < -0.39 is 0 Å². The van der Waals surface area contributed by atoms with Crippen LogP contribution < -0.4 is 5.32 Å². The SMILES string of the molecule is C=C(C)c1cc(S/C(C)=C/C)c(C)cc1NC. The Morgan fingerprint density at radius 3 is 2.47 bits per heavy atom. The second-order valence-electron chi connectivity index (χ2n) is 4.20. The monoisotopic (exact) mass is 247 g/mol. The highest BCUT2D eigenvalue weighted by molar-refractivity contribution is 8.03. The molecule has 0 saturated carbocycles. The Hall–Kier alpha value is -1.15. The van der Waals surface area contributed by atoms with Crippen LogP contribution in [0.5, 0.6) is 0 Å². The molecule has 0 bridgehead atoms. The molecule has 1 rings (SSSR count). The van der Waals surface area contributed by atoms with E-state index >= 15 is 0 Å². The summed E-state index contributed by atoms with van der Waals surface area (Å²) in [5, 5.41) is 3.23. The molecular weight excluding hydrogens is 226 g/mol. The molecule has 0 spiro atoms. The first-order valence-electron chi connectivity index (χ1n) is 5.78. The molecule has 0 aromatic heterocycles. The van der Waals surface area contributed by atoms with Gasteiger partial charge in [-0.25, -0.2) is 0 Å². The van der Waals surface area contributed by atoms with E-state index in [1.54, 1.807) is 0 Å². The van der Waals surface area contributed by atoms with Gasteiger partial charge in [0.05, 0.1) is 0 Å². The zero-order chi connectivity index (χ0) is 13.0. The first-order chi connectivity index (χ1) is 7.99. The third-order valence-corrected chi connectivity index (χ3v) is 3.94. The average molecular weight is 247 g/mol. The minimum absolute atomic E-state index is 1.09. The van der Waals surface area contributed by atoms with Crippen LogP contribution in [0.2, 0.25) is 0 Å². The maximum absolute atomic E-state index is 4.04. The Balaban J connectivity index is 3.24. The largest absolute Gasteiger partial charge is 0.388 e. The summed E-state index contributed by atoms with van der Waals surface area (Å²) >= 11 is 1.81. The van der Waals surface area contributed by atoms with Crippen molar-refractivity contribution in [3.63, 3.8) is 0 Å². The van der Waals surface area contributed by atoms with Crippen LogP contribution in [0.4, 0.5) is 5.69 Å². The maximum atomic E-state index is 4.04. The van der Waals surface area contributed by atoms with Gasteiger partial charge >= 0.3 is 0 Å².